The van der Waals surface area contributed by atoms with Crippen LogP contribution in [0.25, 0.3) is 0 Å². The van der Waals surface area contributed by atoms with Crippen molar-refractivity contribution in [3.05, 3.63) is 12.0 Å². The van der Waals surface area contributed by atoms with Gasteiger partial charge in [-0.05, 0) is 13.8 Å². The maximum Gasteiger partial charge on any atom is 0.294 e. The second-order valence-electron chi connectivity index (χ2n) is 2.65. The van der Waals surface area contributed by atoms with E-state index in [-0.39, 0.29) is 0 Å². The first-order chi connectivity index (χ1) is 5.22. The molecule has 3 N–H and O–H groups in total. The van der Waals surface area contributed by atoms with E-state index >= 15 is 0 Å². The van der Waals surface area contributed by atoms with Crippen LogP contribution in [0.3, 0.4) is 0 Å². The summed E-state index contributed by atoms with van der Waals surface area (Å²) in [5.74, 6) is 0. The minimum absolute atomic E-state index is 0.333. The molecule has 4 heteroatoms. The van der Waals surface area contributed by atoms with Crippen molar-refractivity contribution in [2.24, 2.45) is 5.73 Å². The highest BCUT2D eigenvalue weighted by molar-refractivity contribution is 5.21. The van der Waals surface area contributed by atoms with Crippen LogP contribution in [-0.4, -0.2) is 11.0 Å². The Kier molecular flexibility index (Phi) is 2.48. The van der Waals surface area contributed by atoms with Gasteiger partial charge < -0.3 is 15.5 Å². The van der Waals surface area contributed by atoms with Gasteiger partial charge in [-0.25, -0.2) is 0 Å². The van der Waals surface area contributed by atoms with E-state index in [0.29, 0.717) is 18.6 Å². The first-order valence-electron chi connectivity index (χ1n) is 3.63. The van der Waals surface area contributed by atoms with Crippen LogP contribution in [0.15, 0.2) is 10.7 Å². The van der Waals surface area contributed by atoms with Gasteiger partial charge in [0.15, 0.2) is 0 Å². The normalized spacial score (nSPS) is 10.5. The molecule has 0 amide bonds. The van der Waals surface area contributed by atoms with Gasteiger partial charge in [-0.3, -0.25) is 0 Å². The number of hydrogen-bond acceptors (Lipinski definition) is 4. The van der Waals surface area contributed by atoms with E-state index in [9.17, 15) is 0 Å². The fourth-order valence-electron chi connectivity index (χ4n) is 0.714. The molecule has 11 heavy (non-hydrogen) atoms. The van der Waals surface area contributed by atoms with Gasteiger partial charge in [0.1, 0.15) is 6.26 Å². The van der Waals surface area contributed by atoms with Gasteiger partial charge in [-0.2, -0.15) is 4.98 Å². The highest BCUT2D eigenvalue weighted by atomic mass is 16.4. The third-order valence-corrected chi connectivity index (χ3v) is 1.17. The van der Waals surface area contributed by atoms with Gasteiger partial charge in [0.2, 0.25) is 0 Å². The second kappa shape index (κ2) is 3.39. The van der Waals surface area contributed by atoms with E-state index in [2.05, 4.69) is 10.3 Å². The molecule has 0 spiro atoms. The lowest BCUT2D eigenvalue weighted by molar-refractivity contribution is 0.563. The topological polar surface area (TPSA) is 64.1 Å². The van der Waals surface area contributed by atoms with Crippen molar-refractivity contribution in [3.63, 3.8) is 0 Å². The van der Waals surface area contributed by atoms with E-state index < -0.39 is 0 Å². The molecule has 0 aliphatic rings. The second-order valence-corrected chi connectivity index (χ2v) is 2.65. The summed E-state index contributed by atoms with van der Waals surface area (Å²) < 4.78 is 5.06. The number of aromatic nitrogens is 1. The number of oxazole rings is 1. The summed E-state index contributed by atoms with van der Waals surface area (Å²) in [5, 5.41) is 3.03. The Hall–Kier alpha value is -1.03. The number of hydrogen-bond donors (Lipinski definition) is 2. The molecule has 0 saturated heterocycles. The zero-order valence-electron chi connectivity index (χ0n) is 6.79. The maximum absolute atomic E-state index is 5.34. The third kappa shape index (κ3) is 2.23. The van der Waals surface area contributed by atoms with Crippen LogP contribution in [0.5, 0.6) is 0 Å². The Morgan fingerprint density at radius 1 is 1.73 bits per heavy atom. The molecule has 0 aliphatic heterocycles. The first kappa shape index (κ1) is 8.07. The van der Waals surface area contributed by atoms with E-state index in [1.54, 1.807) is 6.26 Å². The van der Waals surface area contributed by atoms with Gasteiger partial charge in [0, 0.05) is 12.6 Å². The molecule has 0 bridgehead atoms. The molecule has 0 radical (unpaired) electrons. The van der Waals surface area contributed by atoms with Crippen molar-refractivity contribution in [3.8, 4) is 0 Å². The van der Waals surface area contributed by atoms with Crippen LogP contribution in [0, 0.1) is 0 Å². The van der Waals surface area contributed by atoms with Crippen LogP contribution in [0.2, 0.25) is 0 Å². The molecule has 1 heterocycles. The summed E-state index contributed by atoms with van der Waals surface area (Å²) in [5.41, 5.74) is 6.12. The Labute approximate surface area is 65.8 Å². The largest absolute Gasteiger partial charge is 0.432 e. The summed E-state index contributed by atoms with van der Waals surface area (Å²) in [4.78, 5) is 4.07. The molecular weight excluding hydrogens is 142 g/mol. The summed E-state index contributed by atoms with van der Waals surface area (Å²) in [6.07, 6.45) is 1.56. The van der Waals surface area contributed by atoms with Crippen LogP contribution >= 0.6 is 0 Å². The summed E-state index contributed by atoms with van der Waals surface area (Å²) >= 11 is 0. The molecule has 1 aromatic heterocycles. The number of nitrogens with two attached hydrogens (primary N) is 1. The zero-order valence-corrected chi connectivity index (χ0v) is 6.79. The molecular formula is C7H13N3O. The number of nitrogens with one attached hydrogen (secondary N) is 1. The minimum Gasteiger partial charge on any atom is -0.432 e. The highest BCUT2D eigenvalue weighted by Gasteiger charge is 2.01. The van der Waals surface area contributed by atoms with Crippen molar-refractivity contribution in [2.45, 2.75) is 26.4 Å². The number of rotatable bonds is 3. The van der Waals surface area contributed by atoms with Gasteiger partial charge in [-0.15, -0.1) is 0 Å². The molecule has 1 aromatic rings. The Bertz CT molecular complexity index is 219. The third-order valence-electron chi connectivity index (χ3n) is 1.17. The lowest BCUT2D eigenvalue weighted by atomic mass is 10.4. The monoisotopic (exact) mass is 155 g/mol. The number of nitrogens with zero attached hydrogens (tertiary/aromatic N) is 1. The number of anilines is 1. The molecule has 0 fully saturated rings. The quantitative estimate of drug-likeness (QED) is 0.682. The molecule has 0 unspecified atom stereocenters. The van der Waals surface area contributed by atoms with Crippen molar-refractivity contribution in [1.29, 1.82) is 0 Å². The molecule has 0 atom stereocenters. The summed E-state index contributed by atoms with van der Waals surface area (Å²) in [7, 11) is 0. The smallest absolute Gasteiger partial charge is 0.294 e. The van der Waals surface area contributed by atoms with E-state index in [4.69, 9.17) is 10.2 Å². The van der Waals surface area contributed by atoms with E-state index in [1.165, 1.54) is 0 Å². The molecule has 62 valence electrons. The fourth-order valence-corrected chi connectivity index (χ4v) is 0.714. The van der Waals surface area contributed by atoms with E-state index in [1.807, 2.05) is 13.8 Å². The summed E-state index contributed by atoms with van der Waals surface area (Å²) in [6.45, 7) is 4.46. The van der Waals surface area contributed by atoms with Crippen molar-refractivity contribution in [2.75, 3.05) is 5.32 Å². The standard InChI is InChI=1S/C7H13N3O/c1-5(2)9-7-10-6(3-8)4-11-7/h4-5H,3,8H2,1-2H3,(H,9,10). The molecule has 0 saturated carbocycles. The molecule has 0 aliphatic carbocycles. The van der Waals surface area contributed by atoms with Gasteiger partial charge in [0.25, 0.3) is 6.01 Å². The molecule has 4 nitrogen and oxygen atoms in total. The predicted molar refractivity (Wildman–Crippen MR) is 43.2 cm³/mol. The lowest BCUT2D eigenvalue weighted by Gasteiger charge is -2.02. The minimum atomic E-state index is 0.333. The average Bonchev–Trinajstić information content (AvgIpc) is 2.34. The molecule has 1 rings (SSSR count). The van der Waals surface area contributed by atoms with E-state index in [0.717, 1.165) is 5.69 Å². The molecule has 0 aromatic carbocycles. The van der Waals surface area contributed by atoms with Crippen LogP contribution < -0.4 is 11.1 Å². The van der Waals surface area contributed by atoms with Crippen molar-refractivity contribution in [1.82, 2.24) is 4.98 Å². The summed E-state index contributed by atoms with van der Waals surface area (Å²) in [6, 6.07) is 0.875. The Morgan fingerprint density at radius 3 is 2.91 bits per heavy atom. The van der Waals surface area contributed by atoms with Crippen molar-refractivity contribution >= 4 is 6.01 Å². The zero-order chi connectivity index (χ0) is 8.27. The first-order valence-corrected chi connectivity index (χ1v) is 3.63. The Balaban J connectivity index is 2.58. The van der Waals surface area contributed by atoms with Crippen LogP contribution in [0.1, 0.15) is 19.5 Å². The Morgan fingerprint density at radius 2 is 2.45 bits per heavy atom. The predicted octanol–water partition coefficient (Wildman–Crippen LogP) is 0.954. The van der Waals surface area contributed by atoms with Gasteiger partial charge in [0.05, 0.1) is 5.69 Å². The SMILES string of the molecule is CC(C)Nc1nc(CN)co1. The lowest BCUT2D eigenvalue weighted by Crippen LogP contribution is -2.09. The van der Waals surface area contributed by atoms with Crippen LogP contribution in [0.4, 0.5) is 6.01 Å². The van der Waals surface area contributed by atoms with Gasteiger partial charge >= 0.3 is 0 Å². The van der Waals surface area contributed by atoms with Crippen molar-refractivity contribution < 1.29 is 4.42 Å². The highest BCUT2D eigenvalue weighted by Crippen LogP contribution is 2.07. The van der Waals surface area contributed by atoms with Crippen LogP contribution in [-0.2, 0) is 6.54 Å². The van der Waals surface area contributed by atoms with Gasteiger partial charge in [-0.1, -0.05) is 0 Å². The fraction of sp³-hybridized carbons (Fsp3) is 0.571. The average molecular weight is 155 g/mol. The maximum atomic E-state index is 5.34.